The maximum atomic E-state index is 10.9. The summed E-state index contributed by atoms with van der Waals surface area (Å²) in [6.45, 7) is 4.02. The molecule has 4 nitrogen and oxygen atoms in total. The van der Waals surface area contributed by atoms with Crippen LogP contribution in [0.4, 0.5) is 11.4 Å². The highest BCUT2D eigenvalue weighted by atomic mass is 32.2. The lowest BCUT2D eigenvalue weighted by molar-refractivity contribution is -0.385. The van der Waals surface area contributed by atoms with Crippen molar-refractivity contribution < 1.29 is 4.92 Å². The minimum absolute atomic E-state index is 0.171. The van der Waals surface area contributed by atoms with Gasteiger partial charge >= 0.3 is 0 Å². The molecule has 6 heteroatoms. The number of anilines is 1. The fourth-order valence-corrected chi connectivity index (χ4v) is 5.20. The van der Waals surface area contributed by atoms with E-state index in [1.54, 1.807) is 30.4 Å². The number of fused-ring (bicyclic) bond motifs is 1. The van der Waals surface area contributed by atoms with Crippen molar-refractivity contribution in [3.05, 3.63) is 50.9 Å². The largest absolute Gasteiger partial charge is 0.378 e. The Morgan fingerprint density at radius 1 is 1.38 bits per heavy atom. The van der Waals surface area contributed by atoms with E-state index in [9.17, 15) is 10.1 Å². The first-order valence-corrected chi connectivity index (χ1v) is 8.56. The molecule has 21 heavy (non-hydrogen) atoms. The van der Waals surface area contributed by atoms with Gasteiger partial charge in [-0.05, 0) is 42.5 Å². The Kier molecular flexibility index (Phi) is 3.91. The van der Waals surface area contributed by atoms with Crippen LogP contribution in [0.5, 0.6) is 0 Å². The van der Waals surface area contributed by atoms with E-state index in [0.29, 0.717) is 10.8 Å². The van der Waals surface area contributed by atoms with E-state index in [4.69, 9.17) is 0 Å². The SMILES string of the molecule is Cc1cc(NC2C[C@H](C)Sc3sccc32)ccc1[N+](=O)[O-]. The van der Waals surface area contributed by atoms with E-state index in [2.05, 4.69) is 23.7 Å². The summed E-state index contributed by atoms with van der Waals surface area (Å²) < 4.78 is 1.38. The lowest BCUT2D eigenvalue weighted by Gasteiger charge is -2.28. The molecule has 0 saturated heterocycles. The summed E-state index contributed by atoms with van der Waals surface area (Å²) in [7, 11) is 0. The predicted octanol–water partition coefficient (Wildman–Crippen LogP) is 5.00. The van der Waals surface area contributed by atoms with Crippen LogP contribution < -0.4 is 5.32 Å². The molecular weight excluding hydrogens is 304 g/mol. The summed E-state index contributed by atoms with van der Waals surface area (Å²) in [5.41, 5.74) is 3.15. The van der Waals surface area contributed by atoms with Crippen LogP contribution in [0, 0.1) is 17.0 Å². The van der Waals surface area contributed by atoms with Crippen LogP contribution in [0.2, 0.25) is 0 Å². The van der Waals surface area contributed by atoms with Crippen LogP contribution >= 0.6 is 23.1 Å². The van der Waals surface area contributed by atoms with Crippen LogP contribution in [0.3, 0.4) is 0 Å². The van der Waals surface area contributed by atoms with Crippen LogP contribution in [0.1, 0.15) is 30.5 Å². The Morgan fingerprint density at radius 3 is 2.90 bits per heavy atom. The van der Waals surface area contributed by atoms with Crippen molar-refractivity contribution in [2.45, 2.75) is 35.8 Å². The molecular formula is C15H16N2O2S2. The van der Waals surface area contributed by atoms with Gasteiger partial charge in [0, 0.05) is 22.6 Å². The fraction of sp³-hybridized carbons (Fsp3) is 0.333. The molecule has 0 spiro atoms. The van der Waals surface area contributed by atoms with E-state index in [1.807, 2.05) is 17.8 Å². The maximum absolute atomic E-state index is 10.9. The quantitative estimate of drug-likeness (QED) is 0.638. The Labute approximate surface area is 131 Å². The summed E-state index contributed by atoms with van der Waals surface area (Å²) in [4.78, 5) is 10.5. The van der Waals surface area contributed by atoms with Crippen molar-refractivity contribution in [1.29, 1.82) is 0 Å². The van der Waals surface area contributed by atoms with E-state index >= 15 is 0 Å². The van der Waals surface area contributed by atoms with E-state index in [1.165, 1.54) is 9.77 Å². The zero-order valence-electron chi connectivity index (χ0n) is 11.8. The van der Waals surface area contributed by atoms with E-state index in [-0.39, 0.29) is 16.7 Å². The number of thioether (sulfide) groups is 1. The molecule has 1 aromatic heterocycles. The number of nitro groups is 1. The Morgan fingerprint density at radius 2 is 2.19 bits per heavy atom. The van der Waals surface area contributed by atoms with Crippen LogP contribution in [-0.2, 0) is 0 Å². The molecule has 1 unspecified atom stereocenters. The van der Waals surface area contributed by atoms with Crippen molar-refractivity contribution >= 4 is 34.5 Å². The molecule has 0 fully saturated rings. The smallest absolute Gasteiger partial charge is 0.272 e. The summed E-state index contributed by atoms with van der Waals surface area (Å²) >= 11 is 3.72. The highest BCUT2D eigenvalue weighted by Gasteiger charge is 2.26. The van der Waals surface area contributed by atoms with Gasteiger partial charge in [0.15, 0.2) is 0 Å². The average molecular weight is 320 g/mol. The van der Waals surface area contributed by atoms with Crippen LogP contribution in [-0.4, -0.2) is 10.2 Å². The second kappa shape index (κ2) is 5.69. The Bertz CT molecular complexity index is 684. The molecule has 2 atom stereocenters. The first kappa shape index (κ1) is 14.4. The third-order valence-corrected chi connectivity index (χ3v) is 5.99. The van der Waals surface area contributed by atoms with Gasteiger partial charge in [0.25, 0.3) is 5.69 Å². The van der Waals surface area contributed by atoms with Gasteiger partial charge in [0.2, 0.25) is 0 Å². The number of rotatable bonds is 3. The van der Waals surface area contributed by atoms with Crippen molar-refractivity contribution in [2.24, 2.45) is 0 Å². The minimum Gasteiger partial charge on any atom is -0.378 e. The standard InChI is InChI=1S/C15H16N2O2S2/c1-9-7-11(3-4-14(9)17(18)19)16-13-8-10(2)21-15-12(13)5-6-20-15/h3-7,10,13,16H,8H2,1-2H3/t10-,13?/m0/s1. The van der Waals surface area contributed by atoms with Crippen molar-refractivity contribution in [2.75, 3.05) is 5.32 Å². The van der Waals surface area contributed by atoms with Crippen molar-refractivity contribution in [3.8, 4) is 0 Å². The number of benzene rings is 1. The molecule has 0 radical (unpaired) electrons. The van der Waals surface area contributed by atoms with Crippen LogP contribution in [0.15, 0.2) is 33.9 Å². The van der Waals surface area contributed by atoms with Gasteiger partial charge in [-0.25, -0.2) is 0 Å². The number of hydrogen-bond acceptors (Lipinski definition) is 5. The Hall–Kier alpha value is -1.53. The number of nitrogens with zero attached hydrogens (tertiary/aromatic N) is 1. The molecule has 1 aliphatic rings. The fourth-order valence-electron chi connectivity index (χ4n) is 2.64. The number of nitrogens with one attached hydrogen (secondary N) is 1. The molecule has 2 aromatic rings. The molecule has 0 amide bonds. The number of thiophene rings is 1. The molecule has 1 aliphatic heterocycles. The van der Waals surface area contributed by atoms with Gasteiger partial charge in [-0.3, -0.25) is 10.1 Å². The molecule has 2 heterocycles. The first-order chi connectivity index (χ1) is 10.0. The number of nitro benzene ring substituents is 1. The third-order valence-electron chi connectivity index (χ3n) is 3.64. The second-order valence-electron chi connectivity index (χ2n) is 5.28. The predicted molar refractivity (Wildman–Crippen MR) is 88.5 cm³/mol. The topological polar surface area (TPSA) is 55.2 Å². The summed E-state index contributed by atoms with van der Waals surface area (Å²) in [5.74, 6) is 0. The van der Waals surface area contributed by atoms with Gasteiger partial charge in [-0.15, -0.1) is 23.1 Å². The Balaban J connectivity index is 1.85. The zero-order valence-corrected chi connectivity index (χ0v) is 13.5. The van der Waals surface area contributed by atoms with Gasteiger partial charge in [-0.2, -0.15) is 0 Å². The first-order valence-electron chi connectivity index (χ1n) is 6.80. The molecule has 1 aromatic carbocycles. The average Bonchev–Trinajstić information content (AvgIpc) is 2.86. The van der Waals surface area contributed by atoms with E-state index in [0.717, 1.165) is 12.1 Å². The van der Waals surface area contributed by atoms with Gasteiger partial charge < -0.3 is 5.32 Å². The summed E-state index contributed by atoms with van der Waals surface area (Å²) in [6, 6.07) is 7.69. The van der Waals surface area contributed by atoms with Gasteiger partial charge in [0.1, 0.15) is 0 Å². The zero-order chi connectivity index (χ0) is 15.0. The highest BCUT2D eigenvalue weighted by molar-refractivity contribution is 8.01. The summed E-state index contributed by atoms with van der Waals surface area (Å²) in [6.07, 6.45) is 1.06. The third kappa shape index (κ3) is 2.91. The van der Waals surface area contributed by atoms with Crippen LogP contribution in [0.25, 0.3) is 0 Å². The van der Waals surface area contributed by atoms with Crippen molar-refractivity contribution in [3.63, 3.8) is 0 Å². The minimum atomic E-state index is -0.338. The van der Waals surface area contributed by atoms with Gasteiger partial charge in [-0.1, -0.05) is 6.92 Å². The maximum Gasteiger partial charge on any atom is 0.272 e. The number of hydrogen-bond donors (Lipinski definition) is 1. The molecule has 0 aliphatic carbocycles. The van der Waals surface area contributed by atoms with E-state index < -0.39 is 0 Å². The molecule has 3 rings (SSSR count). The summed E-state index contributed by atoms with van der Waals surface area (Å²) in [5, 5.41) is 17.1. The molecule has 0 bridgehead atoms. The molecule has 0 saturated carbocycles. The highest BCUT2D eigenvalue weighted by Crippen LogP contribution is 2.45. The number of aryl methyl sites for hydroxylation is 1. The van der Waals surface area contributed by atoms with Crippen molar-refractivity contribution in [1.82, 2.24) is 0 Å². The van der Waals surface area contributed by atoms with Gasteiger partial charge in [0.05, 0.1) is 15.2 Å². The molecule has 1 N–H and O–H groups in total. The normalized spacial score (nSPS) is 20.9. The lowest BCUT2D eigenvalue weighted by Crippen LogP contribution is -2.19. The lowest BCUT2D eigenvalue weighted by atomic mass is 10.0. The molecule has 110 valence electrons. The second-order valence-corrected chi connectivity index (χ2v) is 7.91. The monoisotopic (exact) mass is 320 g/mol.